The zero-order valence-corrected chi connectivity index (χ0v) is 15.3. The van der Waals surface area contributed by atoms with Crippen LogP contribution in [0.1, 0.15) is 90.4 Å². The summed E-state index contributed by atoms with van der Waals surface area (Å²) in [4.78, 5) is 0. The van der Waals surface area contributed by atoms with E-state index in [9.17, 15) is 5.11 Å². The quantitative estimate of drug-likeness (QED) is 0.484. The average molecular weight is 336 g/mol. The van der Waals surface area contributed by atoms with Crippen molar-refractivity contribution in [3.63, 3.8) is 0 Å². The van der Waals surface area contributed by atoms with Gasteiger partial charge >= 0.3 is 0 Å². The Labute approximate surface area is 143 Å². The third-order valence-electron chi connectivity index (χ3n) is 4.66. The lowest BCUT2D eigenvalue weighted by Gasteiger charge is -2.14. The molecule has 3 nitrogen and oxygen atoms in total. The molecule has 1 aliphatic heterocycles. The highest BCUT2D eigenvalue weighted by atomic mass is 35.5. The first-order valence-electron chi connectivity index (χ1n) is 9.31. The fourth-order valence-electron chi connectivity index (χ4n) is 3.15. The SMILES string of the molecule is CCCCCCCCCCCCCC[C@H]1OC[C@H](N)[C@@H]1O.Cl. The summed E-state index contributed by atoms with van der Waals surface area (Å²) >= 11 is 0. The molecule has 0 unspecified atom stereocenters. The first kappa shape index (κ1) is 22.2. The number of ether oxygens (including phenoxy) is 1. The fraction of sp³-hybridized carbons (Fsp3) is 1.00. The maximum absolute atomic E-state index is 9.78. The van der Waals surface area contributed by atoms with Crippen LogP contribution in [0.5, 0.6) is 0 Å². The van der Waals surface area contributed by atoms with Gasteiger partial charge in [0.2, 0.25) is 0 Å². The Balaban J connectivity index is 0.00000441. The normalized spacial score (nSPS) is 24.4. The highest BCUT2D eigenvalue weighted by molar-refractivity contribution is 5.85. The number of aliphatic hydroxyl groups is 1. The molecule has 0 aromatic rings. The minimum atomic E-state index is -0.447. The van der Waals surface area contributed by atoms with Crippen LogP contribution in [0.2, 0.25) is 0 Å². The minimum Gasteiger partial charge on any atom is -0.389 e. The van der Waals surface area contributed by atoms with E-state index in [4.69, 9.17) is 10.5 Å². The first-order chi connectivity index (χ1) is 10.3. The van der Waals surface area contributed by atoms with Crippen molar-refractivity contribution in [3.05, 3.63) is 0 Å². The molecule has 1 fully saturated rings. The van der Waals surface area contributed by atoms with Crippen LogP contribution in [0.15, 0.2) is 0 Å². The van der Waals surface area contributed by atoms with Crippen molar-refractivity contribution >= 4 is 12.4 Å². The number of unbranched alkanes of at least 4 members (excludes halogenated alkanes) is 11. The number of hydrogen-bond acceptors (Lipinski definition) is 3. The summed E-state index contributed by atoms with van der Waals surface area (Å²) in [5, 5.41) is 9.78. The molecule has 22 heavy (non-hydrogen) atoms. The maximum Gasteiger partial charge on any atom is 0.0974 e. The smallest absolute Gasteiger partial charge is 0.0974 e. The van der Waals surface area contributed by atoms with Crippen LogP contribution in [0.25, 0.3) is 0 Å². The van der Waals surface area contributed by atoms with E-state index in [0.717, 1.165) is 12.8 Å². The molecule has 3 N–H and O–H groups in total. The molecule has 0 spiro atoms. The van der Waals surface area contributed by atoms with E-state index >= 15 is 0 Å². The molecule has 0 aromatic heterocycles. The zero-order valence-electron chi connectivity index (χ0n) is 14.5. The number of nitrogens with two attached hydrogens (primary N) is 1. The minimum absolute atomic E-state index is 0. The molecular weight excluding hydrogens is 298 g/mol. The van der Waals surface area contributed by atoms with Gasteiger partial charge in [-0.05, 0) is 6.42 Å². The molecule has 134 valence electrons. The average Bonchev–Trinajstić information content (AvgIpc) is 2.80. The van der Waals surface area contributed by atoms with Crippen LogP contribution in [-0.2, 0) is 4.74 Å². The Morgan fingerprint density at radius 1 is 0.864 bits per heavy atom. The third kappa shape index (κ3) is 10.0. The summed E-state index contributed by atoms with van der Waals surface area (Å²) in [6.07, 6.45) is 16.9. The summed E-state index contributed by atoms with van der Waals surface area (Å²) in [7, 11) is 0. The summed E-state index contributed by atoms with van der Waals surface area (Å²) in [6.45, 7) is 2.79. The molecule has 0 saturated carbocycles. The van der Waals surface area contributed by atoms with Gasteiger partial charge in [-0.3, -0.25) is 0 Å². The molecule has 1 rings (SSSR count). The van der Waals surface area contributed by atoms with Crippen LogP contribution in [-0.4, -0.2) is 30.0 Å². The molecule has 1 heterocycles. The topological polar surface area (TPSA) is 55.5 Å². The van der Waals surface area contributed by atoms with Gasteiger partial charge in [-0.25, -0.2) is 0 Å². The number of aliphatic hydroxyl groups excluding tert-OH is 1. The molecule has 3 atom stereocenters. The predicted octanol–water partition coefficient (Wildman–Crippen LogP) is 4.59. The highest BCUT2D eigenvalue weighted by Gasteiger charge is 2.32. The Hall–Kier alpha value is 0.170. The van der Waals surface area contributed by atoms with Gasteiger partial charge < -0.3 is 15.6 Å². The van der Waals surface area contributed by atoms with Crippen molar-refractivity contribution in [1.82, 2.24) is 0 Å². The van der Waals surface area contributed by atoms with Crippen molar-refractivity contribution < 1.29 is 9.84 Å². The molecule has 0 aliphatic carbocycles. The second-order valence-electron chi connectivity index (χ2n) is 6.70. The van der Waals surface area contributed by atoms with Gasteiger partial charge in [-0.15, -0.1) is 12.4 Å². The largest absolute Gasteiger partial charge is 0.389 e. The van der Waals surface area contributed by atoms with Crippen molar-refractivity contribution in [2.45, 2.75) is 109 Å². The molecular formula is C18H38ClNO2. The molecule has 1 aliphatic rings. The van der Waals surface area contributed by atoms with Crippen LogP contribution in [0.4, 0.5) is 0 Å². The lowest BCUT2D eigenvalue weighted by atomic mass is 10.0. The Bertz CT molecular complexity index is 241. The lowest BCUT2D eigenvalue weighted by molar-refractivity contribution is 0.0342. The Morgan fingerprint density at radius 2 is 1.32 bits per heavy atom. The molecule has 4 heteroatoms. The number of halogens is 1. The van der Waals surface area contributed by atoms with Crippen molar-refractivity contribution in [3.8, 4) is 0 Å². The van der Waals surface area contributed by atoms with Crippen LogP contribution in [0.3, 0.4) is 0 Å². The van der Waals surface area contributed by atoms with Crippen LogP contribution < -0.4 is 5.73 Å². The third-order valence-corrected chi connectivity index (χ3v) is 4.66. The predicted molar refractivity (Wildman–Crippen MR) is 96.7 cm³/mol. The molecule has 0 aromatic carbocycles. The Kier molecular flexibility index (Phi) is 14.9. The molecule has 0 bridgehead atoms. The van der Waals surface area contributed by atoms with E-state index < -0.39 is 6.10 Å². The molecule has 1 saturated heterocycles. The molecule has 0 amide bonds. The van der Waals surface area contributed by atoms with Crippen LogP contribution in [0, 0.1) is 0 Å². The number of rotatable bonds is 13. The highest BCUT2D eigenvalue weighted by Crippen LogP contribution is 2.19. The van der Waals surface area contributed by atoms with Crippen molar-refractivity contribution in [2.75, 3.05) is 6.61 Å². The Morgan fingerprint density at radius 3 is 1.73 bits per heavy atom. The summed E-state index contributed by atoms with van der Waals surface area (Å²) < 4.78 is 5.50. The number of hydrogen-bond donors (Lipinski definition) is 2. The van der Waals surface area contributed by atoms with E-state index in [1.54, 1.807) is 0 Å². The van der Waals surface area contributed by atoms with Gasteiger partial charge in [0.25, 0.3) is 0 Å². The van der Waals surface area contributed by atoms with E-state index in [2.05, 4.69) is 6.92 Å². The van der Waals surface area contributed by atoms with E-state index in [-0.39, 0.29) is 24.6 Å². The van der Waals surface area contributed by atoms with Crippen LogP contribution >= 0.6 is 12.4 Å². The van der Waals surface area contributed by atoms with Gasteiger partial charge in [0.05, 0.1) is 24.9 Å². The first-order valence-corrected chi connectivity index (χ1v) is 9.31. The monoisotopic (exact) mass is 335 g/mol. The standard InChI is InChI=1S/C18H37NO2.ClH/c1-2-3-4-5-6-7-8-9-10-11-12-13-14-17-18(20)16(19)15-21-17;/h16-18,20H,2-15,19H2,1H3;1H/t16-,17+,18-;/m0./s1. The van der Waals surface area contributed by atoms with Gasteiger partial charge in [-0.1, -0.05) is 84.0 Å². The van der Waals surface area contributed by atoms with Gasteiger partial charge in [0, 0.05) is 0 Å². The van der Waals surface area contributed by atoms with Crippen molar-refractivity contribution in [1.29, 1.82) is 0 Å². The zero-order chi connectivity index (χ0) is 15.3. The molecule has 0 radical (unpaired) electrons. The maximum atomic E-state index is 9.78. The van der Waals surface area contributed by atoms with E-state index in [1.165, 1.54) is 70.6 Å². The summed E-state index contributed by atoms with van der Waals surface area (Å²) in [5.74, 6) is 0. The van der Waals surface area contributed by atoms with E-state index in [0.29, 0.717) is 6.61 Å². The van der Waals surface area contributed by atoms with Gasteiger partial charge in [-0.2, -0.15) is 0 Å². The van der Waals surface area contributed by atoms with Gasteiger partial charge in [0.1, 0.15) is 0 Å². The van der Waals surface area contributed by atoms with Gasteiger partial charge in [0.15, 0.2) is 0 Å². The fourth-order valence-corrected chi connectivity index (χ4v) is 3.15. The van der Waals surface area contributed by atoms with E-state index in [1.807, 2.05) is 0 Å². The second-order valence-corrected chi connectivity index (χ2v) is 6.70. The lowest BCUT2D eigenvalue weighted by Crippen LogP contribution is -2.36. The summed E-state index contributed by atoms with van der Waals surface area (Å²) in [5.41, 5.74) is 5.73. The van der Waals surface area contributed by atoms with Crippen molar-refractivity contribution in [2.24, 2.45) is 5.73 Å². The second kappa shape index (κ2) is 14.7. The summed E-state index contributed by atoms with van der Waals surface area (Å²) in [6, 6.07) is -0.174.